The zero-order valence-corrected chi connectivity index (χ0v) is 12.4. The van der Waals surface area contributed by atoms with E-state index in [9.17, 15) is 23.0 Å². The highest BCUT2D eigenvalue weighted by molar-refractivity contribution is 7.87. The minimum Gasteiger partial charge on any atom is -0.390 e. The molecule has 8 heteroatoms. The molecule has 0 aromatic carbocycles. The molecule has 1 spiro atoms. The van der Waals surface area contributed by atoms with Crippen molar-refractivity contribution in [3.05, 3.63) is 0 Å². The molecule has 7 atom stereocenters. The number of rotatable bonds is 4. The summed E-state index contributed by atoms with van der Waals surface area (Å²) in [5.41, 5.74) is -1.85. The largest absolute Gasteiger partial charge is 0.390 e. The monoisotopic (exact) mass is 322 g/mol. The first-order valence-corrected chi connectivity index (χ1v) is 8.63. The zero-order chi connectivity index (χ0) is 15.5. The molecule has 0 aromatic rings. The van der Waals surface area contributed by atoms with E-state index in [-0.39, 0.29) is 5.41 Å². The second-order valence-corrected chi connectivity index (χ2v) is 9.39. The highest BCUT2D eigenvalue weighted by atomic mass is 32.2. The van der Waals surface area contributed by atoms with E-state index in [1.807, 2.05) is 0 Å². The molecule has 0 aromatic heterocycles. The second kappa shape index (κ2) is 3.46. The molecule has 7 unspecified atom stereocenters. The van der Waals surface area contributed by atoms with Gasteiger partial charge in [0.15, 0.2) is 0 Å². The zero-order valence-electron chi connectivity index (χ0n) is 11.6. The molecule has 0 aliphatic heterocycles. The molecule has 2 bridgehead atoms. The molecule has 4 saturated carbocycles. The van der Waals surface area contributed by atoms with E-state index < -0.39 is 32.6 Å². The first-order valence-electron chi connectivity index (χ1n) is 7.19. The lowest BCUT2D eigenvalue weighted by Gasteiger charge is -2.47. The van der Waals surface area contributed by atoms with Gasteiger partial charge in [0, 0.05) is 11.8 Å². The summed E-state index contributed by atoms with van der Waals surface area (Å²) in [5, 5.41) is 17.1. The molecular formula is C13H19FO6S. The Morgan fingerprint density at radius 2 is 2.00 bits per heavy atom. The smallest absolute Gasteiger partial charge is 0.305 e. The van der Waals surface area contributed by atoms with Gasteiger partial charge in [0.2, 0.25) is 6.29 Å². The van der Waals surface area contributed by atoms with Crippen LogP contribution in [0.4, 0.5) is 4.39 Å². The van der Waals surface area contributed by atoms with Crippen LogP contribution in [0, 0.1) is 17.3 Å². The van der Waals surface area contributed by atoms with Crippen molar-refractivity contribution in [2.24, 2.45) is 17.3 Å². The van der Waals surface area contributed by atoms with E-state index in [4.69, 9.17) is 9.29 Å². The fourth-order valence-electron chi connectivity index (χ4n) is 5.36. The van der Waals surface area contributed by atoms with Gasteiger partial charge in [0.05, 0.1) is 11.2 Å². The van der Waals surface area contributed by atoms with Crippen LogP contribution in [0.3, 0.4) is 0 Å². The Labute approximate surface area is 122 Å². The Morgan fingerprint density at radius 3 is 2.62 bits per heavy atom. The lowest BCUT2D eigenvalue weighted by Crippen LogP contribution is -2.52. The average Bonchev–Trinajstić information content (AvgIpc) is 2.89. The molecule has 3 N–H and O–H groups in total. The average molecular weight is 322 g/mol. The maximum Gasteiger partial charge on any atom is 0.305 e. The molecule has 0 saturated heterocycles. The van der Waals surface area contributed by atoms with E-state index in [0.29, 0.717) is 44.4 Å². The van der Waals surface area contributed by atoms with Crippen LogP contribution < -0.4 is 0 Å². The lowest BCUT2D eigenvalue weighted by atomic mass is 9.60. The van der Waals surface area contributed by atoms with E-state index in [2.05, 4.69) is 0 Å². The van der Waals surface area contributed by atoms with Gasteiger partial charge in [0.1, 0.15) is 0 Å². The summed E-state index contributed by atoms with van der Waals surface area (Å²) in [5.74, 6) is 0.776. The summed E-state index contributed by atoms with van der Waals surface area (Å²) in [4.78, 5) is 0. The van der Waals surface area contributed by atoms with Crippen LogP contribution in [0.1, 0.15) is 39.0 Å². The molecule has 120 valence electrons. The predicted molar refractivity (Wildman–Crippen MR) is 68.3 cm³/mol. The molecule has 4 fully saturated rings. The van der Waals surface area contributed by atoms with Gasteiger partial charge >= 0.3 is 10.1 Å². The normalized spacial score (nSPS) is 54.3. The van der Waals surface area contributed by atoms with Gasteiger partial charge in [-0.25, -0.2) is 4.39 Å². The van der Waals surface area contributed by atoms with Crippen LogP contribution in [0.5, 0.6) is 0 Å². The quantitative estimate of drug-likeness (QED) is 0.517. The highest BCUT2D eigenvalue weighted by Crippen LogP contribution is 2.84. The van der Waals surface area contributed by atoms with Gasteiger partial charge < -0.3 is 14.9 Å². The molecule has 4 rings (SSSR count). The van der Waals surface area contributed by atoms with Crippen molar-refractivity contribution in [1.29, 1.82) is 0 Å². The minimum atomic E-state index is -5.10. The van der Waals surface area contributed by atoms with Crippen molar-refractivity contribution in [2.75, 3.05) is 0 Å². The molecule has 6 nitrogen and oxygen atoms in total. The summed E-state index contributed by atoms with van der Waals surface area (Å²) in [6.45, 7) is 0.578. The molecule has 0 radical (unpaired) electrons. The first kappa shape index (κ1) is 14.3. The Kier molecular flexibility index (Phi) is 2.36. The van der Waals surface area contributed by atoms with Crippen LogP contribution in [-0.4, -0.2) is 45.7 Å². The predicted octanol–water partition coefficient (Wildman–Crippen LogP) is 0.589. The minimum absolute atomic E-state index is 0.142. The maximum atomic E-state index is 14.1. The SMILES string of the molecule is CC(F)(C(O)OC12CC3(O)CC4CC1(C2)C4C3)S(=O)(=O)O. The number of aliphatic hydroxyl groups excluding tert-OH is 1. The molecule has 0 amide bonds. The maximum absolute atomic E-state index is 14.1. The summed E-state index contributed by atoms with van der Waals surface area (Å²) < 4.78 is 50.5. The van der Waals surface area contributed by atoms with Gasteiger partial charge in [-0.2, -0.15) is 8.42 Å². The van der Waals surface area contributed by atoms with Gasteiger partial charge in [-0.3, -0.25) is 4.55 Å². The summed E-state index contributed by atoms with van der Waals surface area (Å²) in [6, 6.07) is 0. The van der Waals surface area contributed by atoms with E-state index >= 15 is 0 Å². The molecule has 21 heavy (non-hydrogen) atoms. The Balaban J connectivity index is 1.60. The van der Waals surface area contributed by atoms with Crippen molar-refractivity contribution >= 4 is 10.1 Å². The van der Waals surface area contributed by atoms with E-state index in [1.165, 1.54) is 0 Å². The van der Waals surface area contributed by atoms with Crippen LogP contribution in [-0.2, 0) is 14.9 Å². The van der Waals surface area contributed by atoms with Crippen molar-refractivity contribution < 1.29 is 32.3 Å². The highest BCUT2D eigenvalue weighted by Gasteiger charge is 2.85. The number of aliphatic hydroxyl groups is 2. The van der Waals surface area contributed by atoms with E-state index in [0.717, 1.165) is 6.42 Å². The lowest BCUT2D eigenvalue weighted by molar-refractivity contribution is -0.227. The Bertz CT molecular complexity index is 620. The number of ether oxygens (including phenoxy) is 1. The van der Waals surface area contributed by atoms with Gasteiger partial charge in [-0.15, -0.1) is 0 Å². The van der Waals surface area contributed by atoms with Crippen molar-refractivity contribution in [1.82, 2.24) is 0 Å². The van der Waals surface area contributed by atoms with Crippen molar-refractivity contribution in [2.45, 2.75) is 61.5 Å². The Hall–Kier alpha value is -0.280. The first-order chi connectivity index (χ1) is 9.45. The Morgan fingerprint density at radius 1 is 1.33 bits per heavy atom. The van der Waals surface area contributed by atoms with Crippen LogP contribution in [0.25, 0.3) is 0 Å². The van der Waals surface area contributed by atoms with E-state index in [1.54, 1.807) is 0 Å². The topological polar surface area (TPSA) is 104 Å². The van der Waals surface area contributed by atoms with Crippen LogP contribution in [0.15, 0.2) is 0 Å². The molecule has 4 aliphatic rings. The summed E-state index contributed by atoms with van der Waals surface area (Å²) in [7, 11) is -5.10. The molecule has 4 aliphatic carbocycles. The number of fused-ring (bicyclic) bond motifs is 1. The number of halogens is 1. The number of hydrogen-bond donors (Lipinski definition) is 3. The van der Waals surface area contributed by atoms with Gasteiger partial charge in [0.25, 0.3) is 5.00 Å². The number of hydrogen-bond acceptors (Lipinski definition) is 5. The number of alkyl halides is 1. The van der Waals surface area contributed by atoms with Crippen LogP contribution in [0.2, 0.25) is 0 Å². The summed E-state index contributed by atoms with van der Waals surface area (Å²) >= 11 is 0. The fraction of sp³-hybridized carbons (Fsp3) is 1.00. The molecule has 0 heterocycles. The molecular weight excluding hydrogens is 303 g/mol. The standard InChI is InChI=1S/C13H19FO6S/c1-10(14,21(17,18)19)9(15)20-13-5-11(16)2-7-3-12(13,6-13)8(7)4-11/h7-9,15-16H,2-6H2,1H3,(H,17,18,19). The van der Waals surface area contributed by atoms with Crippen molar-refractivity contribution in [3.63, 3.8) is 0 Å². The second-order valence-electron chi connectivity index (χ2n) is 7.64. The third kappa shape index (κ3) is 1.53. The fourth-order valence-corrected chi connectivity index (χ4v) is 5.67. The van der Waals surface area contributed by atoms with Gasteiger partial charge in [-0.1, -0.05) is 0 Å². The summed E-state index contributed by atoms with van der Waals surface area (Å²) in [6.07, 6.45) is 0.928. The third-order valence-corrected chi connectivity index (χ3v) is 7.64. The van der Waals surface area contributed by atoms with Gasteiger partial charge in [-0.05, 0) is 44.4 Å². The third-order valence-electron chi connectivity index (χ3n) is 6.43. The van der Waals surface area contributed by atoms with Crippen molar-refractivity contribution in [3.8, 4) is 0 Å². The van der Waals surface area contributed by atoms with Crippen LogP contribution >= 0.6 is 0 Å².